The van der Waals surface area contributed by atoms with Gasteiger partial charge in [0.05, 0.1) is 7.11 Å². The second-order valence-corrected chi connectivity index (χ2v) is 5.56. The Balaban J connectivity index is 3.21. The largest absolute Gasteiger partial charge is 0.484 e. The lowest BCUT2D eigenvalue weighted by Gasteiger charge is -2.11. The molecule has 0 saturated carbocycles. The van der Waals surface area contributed by atoms with E-state index in [2.05, 4.69) is 4.84 Å². The molecule has 1 unspecified atom stereocenters. The molecular formula is C8H17ClN2O2S2. The summed E-state index contributed by atoms with van der Waals surface area (Å²) in [7, 11) is 6.63. The first-order valence-electron chi connectivity index (χ1n) is 4.49. The van der Waals surface area contributed by atoms with Crippen molar-refractivity contribution >= 4 is 39.3 Å². The molecule has 0 aliphatic carbocycles. The second-order valence-electron chi connectivity index (χ2n) is 2.64. The average molecular weight is 273 g/mol. The molecule has 0 aromatic heterocycles. The van der Waals surface area contributed by atoms with E-state index in [9.17, 15) is 0 Å². The average Bonchev–Trinajstić information content (AvgIpc) is 2.28. The van der Waals surface area contributed by atoms with Gasteiger partial charge in [0.15, 0.2) is 5.90 Å². The molecule has 0 aromatic carbocycles. The zero-order valence-corrected chi connectivity index (χ0v) is 11.3. The van der Waals surface area contributed by atoms with Crippen molar-refractivity contribution in [1.29, 1.82) is 5.41 Å². The quantitative estimate of drug-likeness (QED) is 0.169. The Morgan fingerprint density at radius 2 is 2.07 bits per heavy atom. The molecule has 4 nitrogen and oxygen atoms in total. The van der Waals surface area contributed by atoms with E-state index in [0.717, 1.165) is 17.9 Å². The monoisotopic (exact) mass is 272 g/mol. The van der Waals surface area contributed by atoms with Gasteiger partial charge in [-0.2, -0.15) is 0 Å². The maximum atomic E-state index is 7.25. The number of hydrogen-bond donors (Lipinski definition) is 2. The SMILES string of the molecule is COC(=N)CCSSCCC(NCl)OC. The number of methoxy groups -OCH3 is 2. The minimum atomic E-state index is -0.0861. The lowest BCUT2D eigenvalue weighted by Crippen LogP contribution is -2.23. The zero-order valence-electron chi connectivity index (χ0n) is 8.92. The van der Waals surface area contributed by atoms with E-state index in [4.69, 9.17) is 26.7 Å². The van der Waals surface area contributed by atoms with Crippen LogP contribution in [0.25, 0.3) is 0 Å². The van der Waals surface area contributed by atoms with Gasteiger partial charge in [-0.05, 0) is 18.2 Å². The molecule has 2 N–H and O–H groups in total. The van der Waals surface area contributed by atoms with Crippen molar-refractivity contribution in [2.45, 2.75) is 19.1 Å². The van der Waals surface area contributed by atoms with Gasteiger partial charge in [-0.25, -0.2) is 4.84 Å². The van der Waals surface area contributed by atoms with Gasteiger partial charge in [0.1, 0.15) is 6.23 Å². The molecule has 0 aliphatic rings. The van der Waals surface area contributed by atoms with Crippen molar-refractivity contribution in [2.75, 3.05) is 25.7 Å². The van der Waals surface area contributed by atoms with E-state index < -0.39 is 0 Å². The number of halogens is 1. The van der Waals surface area contributed by atoms with Crippen LogP contribution in [0.1, 0.15) is 12.8 Å². The van der Waals surface area contributed by atoms with Crippen molar-refractivity contribution in [1.82, 2.24) is 4.84 Å². The summed E-state index contributed by atoms with van der Waals surface area (Å²) in [6.07, 6.45) is 1.45. The summed E-state index contributed by atoms with van der Waals surface area (Å²) in [5, 5.41) is 7.25. The Kier molecular flexibility index (Phi) is 11.2. The molecule has 0 aromatic rings. The molecule has 0 bridgehead atoms. The van der Waals surface area contributed by atoms with Crippen molar-refractivity contribution in [3.8, 4) is 0 Å². The molecule has 0 rings (SSSR count). The first kappa shape index (κ1) is 15.4. The molecule has 7 heteroatoms. The fourth-order valence-electron chi connectivity index (χ4n) is 0.726. The van der Waals surface area contributed by atoms with Crippen molar-refractivity contribution in [3.63, 3.8) is 0 Å². The molecular weight excluding hydrogens is 256 g/mol. The van der Waals surface area contributed by atoms with Gasteiger partial charge < -0.3 is 9.47 Å². The van der Waals surface area contributed by atoms with Crippen LogP contribution < -0.4 is 4.84 Å². The summed E-state index contributed by atoms with van der Waals surface area (Å²) in [4.78, 5) is 2.54. The van der Waals surface area contributed by atoms with E-state index in [0.29, 0.717) is 12.3 Å². The van der Waals surface area contributed by atoms with Crippen LogP contribution in [-0.4, -0.2) is 37.9 Å². The summed E-state index contributed by atoms with van der Waals surface area (Å²) in [6.45, 7) is 0. The highest BCUT2D eigenvalue weighted by atomic mass is 35.5. The van der Waals surface area contributed by atoms with Gasteiger partial charge in [0.25, 0.3) is 0 Å². The topological polar surface area (TPSA) is 54.3 Å². The Bertz CT molecular complexity index is 171. The van der Waals surface area contributed by atoms with Crippen molar-refractivity contribution in [2.24, 2.45) is 0 Å². The van der Waals surface area contributed by atoms with E-state index in [1.54, 1.807) is 28.7 Å². The van der Waals surface area contributed by atoms with Gasteiger partial charge in [-0.15, -0.1) is 0 Å². The molecule has 0 aliphatic heterocycles. The van der Waals surface area contributed by atoms with Gasteiger partial charge in [-0.1, -0.05) is 21.6 Å². The fourth-order valence-corrected chi connectivity index (χ4v) is 2.99. The van der Waals surface area contributed by atoms with Crippen LogP contribution >= 0.6 is 33.4 Å². The molecule has 90 valence electrons. The van der Waals surface area contributed by atoms with Crippen molar-refractivity contribution in [3.05, 3.63) is 0 Å². The van der Waals surface area contributed by atoms with Crippen LogP contribution in [-0.2, 0) is 9.47 Å². The molecule has 0 spiro atoms. The highest BCUT2D eigenvalue weighted by molar-refractivity contribution is 8.76. The third kappa shape index (κ3) is 9.32. The number of ether oxygens (including phenoxy) is 2. The van der Waals surface area contributed by atoms with E-state index >= 15 is 0 Å². The van der Waals surface area contributed by atoms with Gasteiger partial charge >= 0.3 is 0 Å². The van der Waals surface area contributed by atoms with E-state index in [1.807, 2.05) is 0 Å². The summed E-state index contributed by atoms with van der Waals surface area (Å²) in [5.41, 5.74) is 0. The predicted octanol–water partition coefficient (Wildman–Crippen LogP) is 2.49. The lowest BCUT2D eigenvalue weighted by molar-refractivity contribution is 0.0924. The standard InChI is InChI=1S/C8H17ClN2O2S2/c1-12-7(10)3-5-14-15-6-4-8(11-9)13-2/h8,10-11H,3-6H2,1-2H3. The zero-order chi connectivity index (χ0) is 11.5. The van der Waals surface area contributed by atoms with Gasteiger partial charge in [0, 0.05) is 25.0 Å². The van der Waals surface area contributed by atoms with Gasteiger partial charge in [0.2, 0.25) is 0 Å². The van der Waals surface area contributed by atoms with Crippen LogP contribution in [0.3, 0.4) is 0 Å². The molecule has 0 saturated heterocycles. The third-order valence-electron chi connectivity index (χ3n) is 1.61. The minimum absolute atomic E-state index is 0.0861. The van der Waals surface area contributed by atoms with Crippen LogP contribution in [0.15, 0.2) is 0 Å². The minimum Gasteiger partial charge on any atom is -0.484 e. The Labute approximate surface area is 104 Å². The Morgan fingerprint density at radius 1 is 1.40 bits per heavy atom. The van der Waals surface area contributed by atoms with Gasteiger partial charge in [-0.3, -0.25) is 5.41 Å². The molecule has 0 fully saturated rings. The summed E-state index contributed by atoms with van der Waals surface area (Å²) in [5.74, 6) is 2.19. The fraction of sp³-hybridized carbons (Fsp3) is 0.875. The van der Waals surface area contributed by atoms with E-state index in [1.165, 1.54) is 7.11 Å². The summed E-state index contributed by atoms with van der Waals surface area (Å²) >= 11 is 5.43. The molecule has 15 heavy (non-hydrogen) atoms. The number of rotatable bonds is 9. The Hall–Kier alpha value is 0.380. The van der Waals surface area contributed by atoms with Crippen LogP contribution in [0, 0.1) is 5.41 Å². The smallest absolute Gasteiger partial charge is 0.180 e. The predicted molar refractivity (Wildman–Crippen MR) is 68.7 cm³/mol. The first-order chi connectivity index (χ1) is 7.24. The number of nitrogens with one attached hydrogen (secondary N) is 2. The maximum absolute atomic E-state index is 7.25. The normalized spacial score (nSPS) is 12.5. The van der Waals surface area contributed by atoms with Crippen molar-refractivity contribution < 1.29 is 9.47 Å². The Morgan fingerprint density at radius 3 is 2.60 bits per heavy atom. The first-order valence-corrected chi connectivity index (χ1v) is 7.36. The highest BCUT2D eigenvalue weighted by Gasteiger charge is 2.04. The number of hydrogen-bond acceptors (Lipinski definition) is 6. The van der Waals surface area contributed by atoms with Crippen LogP contribution in [0.5, 0.6) is 0 Å². The van der Waals surface area contributed by atoms with Crippen LogP contribution in [0.2, 0.25) is 0 Å². The molecule has 0 radical (unpaired) electrons. The third-order valence-corrected chi connectivity index (χ3v) is 4.29. The molecule has 1 atom stereocenters. The van der Waals surface area contributed by atoms with E-state index in [-0.39, 0.29) is 6.23 Å². The maximum Gasteiger partial charge on any atom is 0.180 e. The van der Waals surface area contributed by atoms with Crippen LogP contribution in [0.4, 0.5) is 0 Å². The lowest BCUT2D eigenvalue weighted by atomic mass is 10.4. The summed E-state index contributed by atoms with van der Waals surface area (Å²) < 4.78 is 9.78. The molecule has 0 heterocycles. The second kappa shape index (κ2) is 10.9. The molecule has 0 amide bonds. The highest BCUT2D eigenvalue weighted by Crippen LogP contribution is 2.23. The summed E-state index contributed by atoms with van der Waals surface area (Å²) in [6, 6.07) is 0.